The third-order valence-corrected chi connectivity index (χ3v) is 2.80. The maximum Gasteiger partial charge on any atom is 0.335 e. The smallest absolute Gasteiger partial charge is 0.335 e. The van der Waals surface area contributed by atoms with E-state index in [1.165, 1.54) is 25.3 Å². The van der Waals surface area contributed by atoms with Gasteiger partial charge in [0.1, 0.15) is 5.82 Å². The lowest BCUT2D eigenvalue weighted by atomic mass is 10.2. The molecule has 0 amide bonds. The van der Waals surface area contributed by atoms with E-state index in [2.05, 4.69) is 9.36 Å². The zero-order valence-electron chi connectivity index (χ0n) is 9.71. The fraction of sp³-hybridized carbons (Fsp3) is 0.182. The molecule has 2 aromatic rings. The number of benzene rings is 1. The number of hydrogen-bond acceptors (Lipinski definition) is 6. The van der Waals surface area contributed by atoms with Crippen molar-refractivity contribution in [3.63, 3.8) is 0 Å². The molecule has 0 saturated carbocycles. The van der Waals surface area contributed by atoms with Crippen LogP contribution in [0, 0.1) is 6.92 Å². The van der Waals surface area contributed by atoms with Crippen LogP contribution in [-0.4, -0.2) is 27.5 Å². The highest BCUT2D eigenvalue weighted by molar-refractivity contribution is 7.07. The summed E-state index contributed by atoms with van der Waals surface area (Å²) in [5, 5.41) is 9.26. The average molecular weight is 266 g/mol. The van der Waals surface area contributed by atoms with E-state index in [0.29, 0.717) is 22.5 Å². The van der Waals surface area contributed by atoms with E-state index in [-0.39, 0.29) is 5.56 Å². The Morgan fingerprint density at radius 1 is 1.39 bits per heavy atom. The minimum absolute atomic E-state index is 0.132. The second kappa shape index (κ2) is 5.01. The summed E-state index contributed by atoms with van der Waals surface area (Å²) in [7, 11) is 1.44. The molecule has 7 heteroatoms. The minimum atomic E-state index is -1.02. The standard InChI is InChI=1S/C11H10N2O4S/c1-6-12-11(18-13-6)17-8-4-3-7(10(14)15)5-9(8)16-2/h3-5H,1-2H3,(H,14,15). The molecule has 94 valence electrons. The summed E-state index contributed by atoms with van der Waals surface area (Å²) in [4.78, 5) is 14.9. The molecule has 0 aliphatic rings. The highest BCUT2D eigenvalue weighted by Gasteiger charge is 2.12. The third kappa shape index (κ3) is 2.57. The van der Waals surface area contributed by atoms with Crippen molar-refractivity contribution in [2.45, 2.75) is 6.92 Å². The lowest BCUT2D eigenvalue weighted by Gasteiger charge is -2.08. The second-order valence-corrected chi connectivity index (χ2v) is 4.09. The van der Waals surface area contributed by atoms with Gasteiger partial charge in [0.15, 0.2) is 11.5 Å². The Morgan fingerprint density at radius 2 is 2.17 bits per heavy atom. The molecule has 0 aliphatic heterocycles. The lowest BCUT2D eigenvalue weighted by molar-refractivity contribution is 0.0696. The van der Waals surface area contributed by atoms with Gasteiger partial charge in [-0.2, -0.15) is 9.36 Å². The molecule has 1 aromatic heterocycles. The van der Waals surface area contributed by atoms with Gasteiger partial charge in [-0.05, 0) is 25.1 Å². The average Bonchev–Trinajstić information content (AvgIpc) is 2.75. The van der Waals surface area contributed by atoms with Crippen LogP contribution in [0.25, 0.3) is 0 Å². The number of methoxy groups -OCH3 is 1. The van der Waals surface area contributed by atoms with Crippen LogP contribution in [0.3, 0.4) is 0 Å². The first kappa shape index (κ1) is 12.3. The molecule has 0 saturated heterocycles. The van der Waals surface area contributed by atoms with E-state index in [4.69, 9.17) is 14.6 Å². The van der Waals surface area contributed by atoms with Crippen molar-refractivity contribution in [2.24, 2.45) is 0 Å². The monoisotopic (exact) mass is 266 g/mol. The third-order valence-electron chi connectivity index (χ3n) is 2.12. The minimum Gasteiger partial charge on any atom is -0.493 e. The molecule has 1 heterocycles. The summed E-state index contributed by atoms with van der Waals surface area (Å²) < 4.78 is 14.6. The number of carboxylic acids is 1. The van der Waals surface area contributed by atoms with Gasteiger partial charge in [0.25, 0.3) is 5.19 Å². The first-order valence-electron chi connectivity index (χ1n) is 4.99. The van der Waals surface area contributed by atoms with Crippen LogP contribution >= 0.6 is 11.5 Å². The van der Waals surface area contributed by atoms with Crippen molar-refractivity contribution in [2.75, 3.05) is 7.11 Å². The van der Waals surface area contributed by atoms with Crippen LogP contribution in [0.4, 0.5) is 0 Å². The topological polar surface area (TPSA) is 81.5 Å². The Hall–Kier alpha value is -2.15. The SMILES string of the molecule is COc1cc(C(=O)O)ccc1Oc1nc(C)ns1. The number of ether oxygens (including phenoxy) is 2. The van der Waals surface area contributed by atoms with Gasteiger partial charge in [-0.3, -0.25) is 0 Å². The molecular formula is C11H10N2O4S. The van der Waals surface area contributed by atoms with Gasteiger partial charge in [0.2, 0.25) is 0 Å². The van der Waals surface area contributed by atoms with Gasteiger partial charge < -0.3 is 14.6 Å². The zero-order valence-corrected chi connectivity index (χ0v) is 10.5. The number of rotatable bonds is 4. The van der Waals surface area contributed by atoms with E-state index >= 15 is 0 Å². The quantitative estimate of drug-likeness (QED) is 0.914. The Kier molecular flexibility index (Phi) is 3.42. The Morgan fingerprint density at radius 3 is 2.72 bits per heavy atom. The molecule has 6 nitrogen and oxygen atoms in total. The predicted octanol–water partition coefficient (Wildman–Crippen LogP) is 2.35. The van der Waals surface area contributed by atoms with Crippen LogP contribution in [0.15, 0.2) is 18.2 Å². The van der Waals surface area contributed by atoms with Crippen LogP contribution in [0.1, 0.15) is 16.2 Å². The number of aryl methyl sites for hydroxylation is 1. The van der Waals surface area contributed by atoms with Crippen molar-refractivity contribution < 1.29 is 19.4 Å². The molecule has 0 atom stereocenters. The molecule has 18 heavy (non-hydrogen) atoms. The summed E-state index contributed by atoms with van der Waals surface area (Å²) in [6, 6.07) is 4.36. The highest BCUT2D eigenvalue weighted by Crippen LogP contribution is 2.32. The van der Waals surface area contributed by atoms with Crippen LogP contribution in [-0.2, 0) is 0 Å². The second-order valence-electron chi connectivity index (χ2n) is 3.38. The van der Waals surface area contributed by atoms with E-state index in [1.807, 2.05) is 0 Å². The maximum absolute atomic E-state index is 10.8. The molecule has 0 fully saturated rings. The molecule has 0 aliphatic carbocycles. The number of aromatic nitrogens is 2. The maximum atomic E-state index is 10.8. The summed E-state index contributed by atoms with van der Waals surface area (Å²) in [5.41, 5.74) is 0.132. The fourth-order valence-corrected chi connectivity index (χ4v) is 1.85. The number of hydrogen-bond donors (Lipinski definition) is 1. The van der Waals surface area contributed by atoms with Crippen molar-refractivity contribution in [1.29, 1.82) is 0 Å². The van der Waals surface area contributed by atoms with Crippen molar-refractivity contribution >= 4 is 17.5 Å². The highest BCUT2D eigenvalue weighted by atomic mass is 32.1. The molecule has 0 radical (unpaired) electrons. The molecule has 2 rings (SSSR count). The molecule has 0 spiro atoms. The van der Waals surface area contributed by atoms with E-state index < -0.39 is 5.97 Å². The zero-order chi connectivity index (χ0) is 13.1. The van der Waals surface area contributed by atoms with Gasteiger partial charge in [-0.1, -0.05) is 0 Å². The lowest BCUT2D eigenvalue weighted by Crippen LogP contribution is -1.98. The van der Waals surface area contributed by atoms with Gasteiger partial charge in [0.05, 0.1) is 12.7 Å². The normalized spacial score (nSPS) is 10.1. The van der Waals surface area contributed by atoms with E-state index in [0.717, 1.165) is 11.5 Å². The predicted molar refractivity (Wildman–Crippen MR) is 64.7 cm³/mol. The Labute approximate surface area is 107 Å². The Bertz CT molecular complexity index is 582. The first-order valence-corrected chi connectivity index (χ1v) is 5.77. The largest absolute Gasteiger partial charge is 0.493 e. The van der Waals surface area contributed by atoms with Crippen LogP contribution < -0.4 is 9.47 Å². The van der Waals surface area contributed by atoms with E-state index in [1.54, 1.807) is 6.92 Å². The van der Waals surface area contributed by atoms with Crippen LogP contribution in [0.5, 0.6) is 16.7 Å². The Balaban J connectivity index is 2.30. The molecule has 0 unspecified atom stereocenters. The number of carbonyl (C=O) groups is 1. The molecule has 1 N–H and O–H groups in total. The molecule has 0 bridgehead atoms. The van der Waals surface area contributed by atoms with Gasteiger partial charge in [-0.15, -0.1) is 0 Å². The first-order chi connectivity index (χ1) is 8.60. The van der Waals surface area contributed by atoms with Crippen LogP contribution in [0.2, 0.25) is 0 Å². The van der Waals surface area contributed by atoms with Gasteiger partial charge in [0, 0.05) is 11.5 Å². The van der Waals surface area contributed by atoms with Crippen molar-refractivity contribution in [3.8, 4) is 16.7 Å². The number of aromatic carboxylic acids is 1. The van der Waals surface area contributed by atoms with Gasteiger partial charge in [-0.25, -0.2) is 4.79 Å². The fourth-order valence-electron chi connectivity index (χ4n) is 1.30. The summed E-state index contributed by atoms with van der Waals surface area (Å²) in [6.07, 6.45) is 0. The summed E-state index contributed by atoms with van der Waals surface area (Å²) >= 11 is 1.12. The van der Waals surface area contributed by atoms with Gasteiger partial charge >= 0.3 is 5.97 Å². The summed E-state index contributed by atoms with van der Waals surface area (Å²) in [6.45, 7) is 1.76. The number of nitrogens with zero attached hydrogens (tertiary/aromatic N) is 2. The molecular weight excluding hydrogens is 256 g/mol. The summed E-state index contributed by atoms with van der Waals surface area (Å²) in [5.74, 6) is 0.337. The van der Waals surface area contributed by atoms with E-state index in [9.17, 15) is 4.79 Å². The van der Waals surface area contributed by atoms with Crippen molar-refractivity contribution in [3.05, 3.63) is 29.6 Å². The molecule has 1 aromatic carbocycles. The van der Waals surface area contributed by atoms with Crippen molar-refractivity contribution in [1.82, 2.24) is 9.36 Å². The number of carboxylic acid groups (broad SMARTS) is 1.